The van der Waals surface area contributed by atoms with Crippen molar-refractivity contribution >= 4 is 11.9 Å². The van der Waals surface area contributed by atoms with Crippen molar-refractivity contribution in [2.24, 2.45) is 11.7 Å². The van der Waals surface area contributed by atoms with Crippen molar-refractivity contribution < 1.29 is 19.1 Å². The molecule has 1 fully saturated rings. The topological polar surface area (TPSA) is 81.9 Å². The van der Waals surface area contributed by atoms with Crippen molar-refractivity contribution in [1.82, 2.24) is 4.90 Å². The molecule has 98 valence electrons. The van der Waals surface area contributed by atoms with Gasteiger partial charge in [-0.25, -0.2) is 0 Å². The third-order valence-electron chi connectivity index (χ3n) is 2.86. The lowest BCUT2D eigenvalue weighted by Gasteiger charge is -2.33. The monoisotopic (exact) mass is 244 g/mol. The summed E-state index contributed by atoms with van der Waals surface area (Å²) in [5.74, 6) is -0.771. The Bertz CT molecular complexity index is 283. The SMILES string of the molecule is COC(=O)CC1CN(CC(C)C(N)=O)CCO1. The van der Waals surface area contributed by atoms with Gasteiger partial charge in [-0.15, -0.1) is 0 Å². The average Bonchev–Trinajstić information content (AvgIpc) is 2.29. The molecule has 0 aromatic carbocycles. The van der Waals surface area contributed by atoms with E-state index in [9.17, 15) is 9.59 Å². The number of nitrogens with zero attached hydrogens (tertiary/aromatic N) is 1. The zero-order valence-electron chi connectivity index (χ0n) is 10.3. The molecule has 0 radical (unpaired) electrons. The van der Waals surface area contributed by atoms with Crippen LogP contribution < -0.4 is 5.73 Å². The van der Waals surface area contributed by atoms with Gasteiger partial charge in [-0.2, -0.15) is 0 Å². The van der Waals surface area contributed by atoms with Crippen molar-refractivity contribution in [3.63, 3.8) is 0 Å². The molecule has 2 N–H and O–H groups in total. The number of rotatable bonds is 5. The number of hydrogen-bond acceptors (Lipinski definition) is 5. The Morgan fingerprint density at radius 2 is 2.29 bits per heavy atom. The Balaban J connectivity index is 2.38. The van der Waals surface area contributed by atoms with Crippen LogP contribution in [-0.2, 0) is 19.1 Å². The largest absolute Gasteiger partial charge is 0.469 e. The van der Waals surface area contributed by atoms with Crippen LogP contribution in [0.2, 0.25) is 0 Å². The van der Waals surface area contributed by atoms with Gasteiger partial charge >= 0.3 is 5.97 Å². The van der Waals surface area contributed by atoms with Crippen LogP contribution in [-0.4, -0.2) is 56.2 Å². The first-order valence-electron chi connectivity index (χ1n) is 5.73. The molecule has 1 heterocycles. The molecular formula is C11H20N2O4. The highest BCUT2D eigenvalue weighted by Crippen LogP contribution is 2.11. The number of esters is 1. The third-order valence-corrected chi connectivity index (χ3v) is 2.86. The first kappa shape index (κ1) is 13.9. The fraction of sp³-hybridized carbons (Fsp3) is 0.818. The van der Waals surface area contributed by atoms with E-state index >= 15 is 0 Å². The first-order valence-corrected chi connectivity index (χ1v) is 5.73. The van der Waals surface area contributed by atoms with Gasteiger partial charge in [0.2, 0.25) is 5.91 Å². The van der Waals surface area contributed by atoms with E-state index in [-0.39, 0.29) is 30.3 Å². The lowest BCUT2D eigenvalue weighted by molar-refractivity contribution is -0.146. The molecule has 1 amide bonds. The number of nitrogens with two attached hydrogens (primary N) is 1. The van der Waals surface area contributed by atoms with Crippen LogP contribution in [0.5, 0.6) is 0 Å². The smallest absolute Gasteiger partial charge is 0.308 e. The molecule has 0 aromatic heterocycles. The zero-order chi connectivity index (χ0) is 12.8. The third kappa shape index (κ3) is 4.70. The van der Waals surface area contributed by atoms with Gasteiger partial charge in [0.1, 0.15) is 0 Å². The van der Waals surface area contributed by atoms with Crippen molar-refractivity contribution in [2.75, 3.05) is 33.4 Å². The second kappa shape index (κ2) is 6.56. The van der Waals surface area contributed by atoms with E-state index < -0.39 is 0 Å². The number of methoxy groups -OCH3 is 1. The van der Waals surface area contributed by atoms with Crippen LogP contribution in [0.3, 0.4) is 0 Å². The zero-order valence-corrected chi connectivity index (χ0v) is 10.3. The standard InChI is InChI=1S/C11H20N2O4/c1-8(11(12)15)6-13-3-4-17-9(7-13)5-10(14)16-2/h8-9H,3-7H2,1-2H3,(H2,12,15). The second-order valence-electron chi connectivity index (χ2n) is 4.34. The lowest BCUT2D eigenvalue weighted by atomic mass is 10.1. The minimum Gasteiger partial charge on any atom is -0.469 e. The predicted molar refractivity (Wildman–Crippen MR) is 61.2 cm³/mol. The maximum Gasteiger partial charge on any atom is 0.308 e. The van der Waals surface area contributed by atoms with Crippen LogP contribution >= 0.6 is 0 Å². The van der Waals surface area contributed by atoms with Gasteiger partial charge in [0.25, 0.3) is 0 Å². The minimum absolute atomic E-state index is 0.156. The van der Waals surface area contributed by atoms with Crippen LogP contribution in [0, 0.1) is 5.92 Å². The molecule has 1 aliphatic heterocycles. The normalized spacial score (nSPS) is 23.1. The molecule has 2 atom stereocenters. The molecule has 1 rings (SSSR count). The quantitative estimate of drug-likeness (QED) is 0.651. The predicted octanol–water partition coefficient (Wildman–Crippen LogP) is -0.628. The van der Waals surface area contributed by atoms with Crippen molar-refractivity contribution in [1.29, 1.82) is 0 Å². The Morgan fingerprint density at radius 1 is 1.59 bits per heavy atom. The number of amides is 1. The second-order valence-corrected chi connectivity index (χ2v) is 4.34. The number of carbonyl (C=O) groups is 2. The summed E-state index contributed by atoms with van der Waals surface area (Å²) in [4.78, 5) is 24.2. The molecule has 6 heteroatoms. The molecule has 0 aliphatic carbocycles. The molecule has 0 saturated carbocycles. The molecule has 0 spiro atoms. The molecule has 1 saturated heterocycles. The van der Waals surface area contributed by atoms with Gasteiger partial charge in [0, 0.05) is 25.6 Å². The van der Waals surface area contributed by atoms with E-state index in [0.29, 0.717) is 19.7 Å². The molecular weight excluding hydrogens is 224 g/mol. The van der Waals surface area contributed by atoms with Gasteiger partial charge < -0.3 is 15.2 Å². The van der Waals surface area contributed by atoms with Crippen LogP contribution in [0.15, 0.2) is 0 Å². The number of hydrogen-bond donors (Lipinski definition) is 1. The van der Waals surface area contributed by atoms with E-state index in [1.165, 1.54) is 7.11 Å². The highest BCUT2D eigenvalue weighted by molar-refractivity contribution is 5.76. The summed E-state index contributed by atoms with van der Waals surface area (Å²) in [6, 6.07) is 0. The maximum atomic E-state index is 11.1. The van der Waals surface area contributed by atoms with Gasteiger partial charge in [0.05, 0.1) is 26.2 Å². The Morgan fingerprint density at radius 3 is 2.88 bits per heavy atom. The van der Waals surface area contributed by atoms with Crippen molar-refractivity contribution in [2.45, 2.75) is 19.4 Å². The Kier molecular flexibility index (Phi) is 5.37. The highest BCUT2D eigenvalue weighted by atomic mass is 16.5. The molecule has 17 heavy (non-hydrogen) atoms. The van der Waals surface area contributed by atoms with E-state index in [1.54, 1.807) is 6.92 Å². The summed E-state index contributed by atoms with van der Waals surface area (Å²) >= 11 is 0. The number of ether oxygens (including phenoxy) is 2. The van der Waals surface area contributed by atoms with Crippen LogP contribution in [0.1, 0.15) is 13.3 Å². The summed E-state index contributed by atoms with van der Waals surface area (Å²) in [6.45, 7) is 4.36. The number of carbonyl (C=O) groups excluding carboxylic acids is 2. The summed E-state index contributed by atoms with van der Waals surface area (Å²) in [6.07, 6.45) is 0.0917. The van der Waals surface area contributed by atoms with E-state index in [2.05, 4.69) is 9.64 Å². The summed E-state index contributed by atoms with van der Waals surface area (Å²) in [5, 5.41) is 0. The fourth-order valence-corrected chi connectivity index (χ4v) is 1.82. The number of primary amides is 1. The van der Waals surface area contributed by atoms with Crippen LogP contribution in [0.25, 0.3) is 0 Å². The minimum atomic E-state index is -0.305. The van der Waals surface area contributed by atoms with Crippen molar-refractivity contribution in [3.05, 3.63) is 0 Å². The molecule has 6 nitrogen and oxygen atoms in total. The Hall–Kier alpha value is -1.14. The number of morpholine rings is 1. The van der Waals surface area contributed by atoms with Gasteiger partial charge in [-0.05, 0) is 0 Å². The van der Waals surface area contributed by atoms with Crippen LogP contribution in [0.4, 0.5) is 0 Å². The highest BCUT2D eigenvalue weighted by Gasteiger charge is 2.25. The van der Waals surface area contributed by atoms with E-state index in [4.69, 9.17) is 10.5 Å². The average molecular weight is 244 g/mol. The molecule has 1 aliphatic rings. The van der Waals surface area contributed by atoms with E-state index in [0.717, 1.165) is 6.54 Å². The van der Waals surface area contributed by atoms with Gasteiger partial charge in [-0.1, -0.05) is 6.92 Å². The van der Waals surface area contributed by atoms with E-state index in [1.807, 2.05) is 0 Å². The maximum absolute atomic E-state index is 11.1. The Labute approximate surface area is 101 Å². The first-order chi connectivity index (χ1) is 8.02. The molecule has 0 aromatic rings. The lowest BCUT2D eigenvalue weighted by Crippen LogP contribution is -2.46. The van der Waals surface area contributed by atoms with Gasteiger partial charge in [0.15, 0.2) is 0 Å². The summed E-state index contributed by atoms with van der Waals surface area (Å²) in [7, 11) is 1.36. The molecule has 2 unspecified atom stereocenters. The fourth-order valence-electron chi connectivity index (χ4n) is 1.82. The van der Waals surface area contributed by atoms with Crippen molar-refractivity contribution in [3.8, 4) is 0 Å². The van der Waals surface area contributed by atoms with Gasteiger partial charge in [-0.3, -0.25) is 14.5 Å². The summed E-state index contributed by atoms with van der Waals surface area (Å²) < 4.78 is 10.1. The molecule has 0 bridgehead atoms. The summed E-state index contributed by atoms with van der Waals surface area (Å²) in [5.41, 5.74) is 5.22.